The van der Waals surface area contributed by atoms with Crippen LogP contribution in [-0.2, 0) is 16.1 Å². The van der Waals surface area contributed by atoms with Gasteiger partial charge in [-0.05, 0) is 74.0 Å². The van der Waals surface area contributed by atoms with Crippen molar-refractivity contribution in [1.29, 1.82) is 0 Å². The first-order valence-electron chi connectivity index (χ1n) is 12.9. The van der Waals surface area contributed by atoms with Crippen molar-refractivity contribution >= 4 is 17.7 Å². The van der Waals surface area contributed by atoms with Crippen LogP contribution < -0.4 is 10.1 Å². The lowest BCUT2D eigenvalue weighted by atomic mass is 10.0. The predicted molar refractivity (Wildman–Crippen MR) is 147 cm³/mol. The average molecular weight is 493 g/mol. The van der Waals surface area contributed by atoms with Crippen molar-refractivity contribution in [2.24, 2.45) is 0 Å². The van der Waals surface area contributed by atoms with E-state index in [1.54, 1.807) is 0 Å². The van der Waals surface area contributed by atoms with Gasteiger partial charge in [0.2, 0.25) is 0 Å². The van der Waals surface area contributed by atoms with Crippen LogP contribution >= 0.6 is 0 Å². The smallest absolute Gasteiger partial charge is 0.251 e. The zero-order chi connectivity index (χ0) is 25.5. The van der Waals surface area contributed by atoms with Crippen molar-refractivity contribution in [2.75, 3.05) is 32.2 Å². The highest BCUT2D eigenvalue weighted by Crippen LogP contribution is 2.27. The van der Waals surface area contributed by atoms with E-state index in [9.17, 15) is 4.79 Å². The van der Waals surface area contributed by atoms with E-state index in [2.05, 4.69) is 41.2 Å². The number of hydrogen-bond acceptors (Lipinski definition) is 4. The molecule has 37 heavy (non-hydrogen) atoms. The van der Waals surface area contributed by atoms with E-state index in [1.807, 2.05) is 66.7 Å². The Hall–Kier alpha value is -3.85. The predicted octanol–water partition coefficient (Wildman–Crippen LogP) is 5.50. The molecule has 2 heterocycles. The molecule has 0 unspecified atom stereocenters. The van der Waals surface area contributed by atoms with Gasteiger partial charge in [0.15, 0.2) is 0 Å². The molecule has 5 heteroatoms. The largest absolute Gasteiger partial charge is 0.493 e. The van der Waals surface area contributed by atoms with Crippen LogP contribution in [0, 0.1) is 11.8 Å². The van der Waals surface area contributed by atoms with Crippen molar-refractivity contribution in [1.82, 2.24) is 4.90 Å². The first-order valence-corrected chi connectivity index (χ1v) is 12.9. The monoisotopic (exact) mass is 492 g/mol. The summed E-state index contributed by atoms with van der Waals surface area (Å²) in [5, 5.41) is 3.05. The summed E-state index contributed by atoms with van der Waals surface area (Å²) in [6.45, 7) is 3.02. The lowest BCUT2D eigenvalue weighted by Crippen LogP contribution is -2.36. The van der Waals surface area contributed by atoms with E-state index in [0.29, 0.717) is 24.6 Å². The maximum Gasteiger partial charge on any atom is 0.251 e. The summed E-state index contributed by atoms with van der Waals surface area (Å²) in [4.78, 5) is 15.5. The number of hydrogen-bond donors (Lipinski definition) is 1. The van der Waals surface area contributed by atoms with Gasteiger partial charge >= 0.3 is 0 Å². The lowest BCUT2D eigenvalue weighted by Gasteiger charge is -2.31. The van der Waals surface area contributed by atoms with Gasteiger partial charge in [-0.3, -0.25) is 9.69 Å². The van der Waals surface area contributed by atoms with Crippen molar-refractivity contribution in [3.8, 4) is 17.6 Å². The fraction of sp³-hybridized carbons (Fsp3) is 0.281. The average Bonchev–Trinajstić information content (AvgIpc) is 3.16. The van der Waals surface area contributed by atoms with E-state index < -0.39 is 0 Å². The van der Waals surface area contributed by atoms with Gasteiger partial charge in [0.25, 0.3) is 5.91 Å². The molecule has 0 radical (unpaired) electrons. The molecule has 1 saturated heterocycles. The first-order chi connectivity index (χ1) is 18.1. The van der Waals surface area contributed by atoms with Gasteiger partial charge < -0.3 is 14.8 Å². The summed E-state index contributed by atoms with van der Waals surface area (Å²) in [5.74, 6) is 7.06. The number of carbonyl (C=O) groups is 1. The Balaban J connectivity index is 1.25. The van der Waals surface area contributed by atoms with Crippen LogP contribution in [0.2, 0.25) is 0 Å². The Bertz CT molecular complexity index is 1310. The second-order valence-electron chi connectivity index (χ2n) is 9.55. The van der Waals surface area contributed by atoms with E-state index >= 15 is 0 Å². The highest BCUT2D eigenvalue weighted by molar-refractivity contribution is 6.07. The Morgan fingerprint density at radius 2 is 1.70 bits per heavy atom. The maximum atomic E-state index is 13.1. The summed E-state index contributed by atoms with van der Waals surface area (Å²) in [7, 11) is 2.17. The third-order valence-electron chi connectivity index (χ3n) is 6.84. The maximum absolute atomic E-state index is 13.1. The van der Waals surface area contributed by atoms with Crippen LogP contribution in [0.25, 0.3) is 6.08 Å². The summed E-state index contributed by atoms with van der Waals surface area (Å²) in [6, 6.07) is 24.4. The van der Waals surface area contributed by atoms with Gasteiger partial charge in [-0.15, -0.1) is 0 Å². The molecule has 0 saturated carbocycles. The second kappa shape index (κ2) is 11.9. The van der Waals surface area contributed by atoms with Gasteiger partial charge in [-0.1, -0.05) is 42.2 Å². The van der Waals surface area contributed by atoms with Gasteiger partial charge in [0, 0.05) is 60.2 Å². The summed E-state index contributed by atoms with van der Waals surface area (Å²) in [5.41, 5.74) is 5.42. The third-order valence-corrected chi connectivity index (χ3v) is 6.84. The third kappa shape index (κ3) is 6.68. The van der Waals surface area contributed by atoms with Gasteiger partial charge in [-0.2, -0.15) is 0 Å². The zero-order valence-electron chi connectivity index (χ0n) is 21.2. The topological polar surface area (TPSA) is 50.8 Å². The molecule has 3 aromatic rings. The fourth-order valence-corrected chi connectivity index (χ4v) is 4.69. The van der Waals surface area contributed by atoms with Gasteiger partial charge in [0.05, 0.1) is 6.61 Å². The molecule has 1 fully saturated rings. The molecule has 2 aliphatic rings. The number of nitrogens with zero attached hydrogens (tertiary/aromatic N) is 1. The van der Waals surface area contributed by atoms with Crippen LogP contribution in [-0.4, -0.2) is 43.7 Å². The lowest BCUT2D eigenvalue weighted by molar-refractivity contribution is -0.113. The Morgan fingerprint density at radius 3 is 2.49 bits per heavy atom. The molecule has 0 aromatic heterocycles. The van der Waals surface area contributed by atoms with Crippen LogP contribution in [0.1, 0.15) is 41.5 Å². The number of rotatable bonds is 5. The number of ether oxygens (including phenoxy) is 2. The molecule has 5 rings (SSSR count). The van der Waals surface area contributed by atoms with Crippen molar-refractivity contribution < 1.29 is 14.3 Å². The Morgan fingerprint density at radius 1 is 0.946 bits per heavy atom. The van der Waals surface area contributed by atoms with Gasteiger partial charge in [-0.25, -0.2) is 0 Å². The quantitative estimate of drug-likeness (QED) is 0.478. The summed E-state index contributed by atoms with van der Waals surface area (Å²) >= 11 is 0. The summed E-state index contributed by atoms with van der Waals surface area (Å²) in [6.07, 6.45) is 4.61. The molecule has 2 aliphatic heterocycles. The molecule has 0 aliphatic carbocycles. The van der Waals surface area contributed by atoms with Crippen LogP contribution in [0.5, 0.6) is 5.75 Å². The number of anilines is 1. The number of fused-ring (bicyclic) bond motifs is 1. The molecule has 0 atom stereocenters. The minimum Gasteiger partial charge on any atom is -0.493 e. The zero-order valence-corrected chi connectivity index (χ0v) is 21.2. The number of nitrogens with one attached hydrogen (secondary N) is 1. The fourth-order valence-electron chi connectivity index (χ4n) is 4.69. The Kier molecular flexibility index (Phi) is 8.00. The highest BCUT2D eigenvalue weighted by atomic mass is 16.5. The molecule has 0 spiro atoms. The normalized spacial score (nSPS) is 15.5. The minimum absolute atomic E-state index is 0.107. The second-order valence-corrected chi connectivity index (χ2v) is 9.55. The molecular weight excluding hydrogens is 460 g/mol. The molecular formula is C32H32N2O3. The van der Waals surface area contributed by atoms with E-state index in [0.717, 1.165) is 60.7 Å². The van der Waals surface area contributed by atoms with Crippen LogP contribution in [0.15, 0.2) is 78.4 Å². The van der Waals surface area contributed by atoms with Crippen LogP contribution in [0.4, 0.5) is 5.69 Å². The highest BCUT2D eigenvalue weighted by Gasteiger charge is 2.19. The summed E-state index contributed by atoms with van der Waals surface area (Å²) < 4.78 is 11.4. The molecule has 1 N–H and O–H groups in total. The number of carbonyl (C=O) groups excluding carboxylic acids is 1. The van der Waals surface area contributed by atoms with Gasteiger partial charge in [0.1, 0.15) is 5.75 Å². The molecule has 0 bridgehead atoms. The SMILES string of the molecule is CN(Cc1ccc(NC(=O)C2=Cc3cc(C#Cc4ccccc4)ccc3OCC2)cc1)C1CCOCC1. The van der Waals surface area contributed by atoms with Crippen molar-refractivity contribution in [2.45, 2.75) is 31.8 Å². The first kappa shape index (κ1) is 24.8. The minimum atomic E-state index is -0.107. The standard InChI is InChI=1S/C32H32N2O3/c1-34(30-16-18-36-19-17-30)23-26-9-12-29(13-10-26)33-32(35)27-15-20-37-31-14-11-25(21-28(31)22-27)8-7-24-5-3-2-4-6-24/h2-6,9-14,21-22,30H,15-20,23H2,1H3,(H,33,35). The molecule has 5 nitrogen and oxygen atoms in total. The van der Waals surface area contributed by atoms with Crippen molar-refractivity contribution in [3.63, 3.8) is 0 Å². The van der Waals surface area contributed by atoms with E-state index in [1.165, 1.54) is 5.56 Å². The van der Waals surface area contributed by atoms with E-state index in [4.69, 9.17) is 9.47 Å². The molecule has 1 amide bonds. The van der Waals surface area contributed by atoms with Crippen LogP contribution in [0.3, 0.4) is 0 Å². The van der Waals surface area contributed by atoms with E-state index in [-0.39, 0.29) is 5.91 Å². The molecule has 3 aromatic carbocycles. The number of benzene rings is 3. The van der Waals surface area contributed by atoms with Crippen molar-refractivity contribution in [3.05, 3.63) is 101 Å². The Labute approximate surface area is 219 Å². The molecule has 188 valence electrons. The number of amides is 1.